The maximum absolute atomic E-state index is 11.5. The van der Waals surface area contributed by atoms with Gasteiger partial charge in [0, 0.05) is 11.1 Å². The molecular weight excluding hydrogens is 292 g/mol. The zero-order valence-electron chi connectivity index (χ0n) is 14.9. The maximum Gasteiger partial charge on any atom is 0.201 e. The monoisotopic (exact) mass is 322 g/mol. The van der Waals surface area contributed by atoms with Crippen molar-refractivity contribution in [1.82, 2.24) is 0 Å². The van der Waals surface area contributed by atoms with Crippen molar-refractivity contribution in [2.24, 2.45) is 0 Å². The van der Waals surface area contributed by atoms with Crippen molar-refractivity contribution in [1.29, 1.82) is 0 Å². The molecule has 0 aliphatic rings. The van der Waals surface area contributed by atoms with E-state index in [9.17, 15) is 9.90 Å². The Morgan fingerprint density at radius 2 is 1.87 bits per heavy atom. The first kappa shape index (κ1) is 19.3. The number of phenolic OH excluding ortho intramolecular Hbond substituents is 1. The second kappa shape index (κ2) is 10.1. The molecule has 0 amide bonds. The van der Waals surface area contributed by atoms with Gasteiger partial charge in [-0.2, -0.15) is 0 Å². The highest BCUT2D eigenvalue weighted by Crippen LogP contribution is 2.42. The second-order valence-corrected chi connectivity index (χ2v) is 5.81. The molecule has 1 rings (SSSR count). The zero-order valence-corrected chi connectivity index (χ0v) is 14.9. The standard InChI is InChI=1S/C19H30O4/c1-5-8-9-10-11-16-14(13-20)12-17(22-4)18(21)19(16)23-15(6-2)7-3/h12-13,15,21H,5-11H2,1-4H3. The Balaban J connectivity index is 3.20. The number of rotatable bonds is 11. The van der Waals surface area contributed by atoms with Gasteiger partial charge in [0.05, 0.1) is 13.2 Å². The van der Waals surface area contributed by atoms with Crippen LogP contribution in [0.15, 0.2) is 6.07 Å². The van der Waals surface area contributed by atoms with E-state index >= 15 is 0 Å². The smallest absolute Gasteiger partial charge is 0.201 e. The number of ether oxygens (including phenoxy) is 2. The third kappa shape index (κ3) is 5.15. The van der Waals surface area contributed by atoms with Gasteiger partial charge >= 0.3 is 0 Å². The Morgan fingerprint density at radius 3 is 2.39 bits per heavy atom. The van der Waals surface area contributed by atoms with Crippen molar-refractivity contribution in [2.45, 2.75) is 71.8 Å². The van der Waals surface area contributed by atoms with Gasteiger partial charge in [-0.25, -0.2) is 0 Å². The minimum absolute atomic E-state index is 0.00417. The molecule has 130 valence electrons. The van der Waals surface area contributed by atoms with Gasteiger partial charge < -0.3 is 14.6 Å². The number of carbonyl (C=O) groups is 1. The van der Waals surface area contributed by atoms with Crippen LogP contribution in [0.5, 0.6) is 17.2 Å². The van der Waals surface area contributed by atoms with Gasteiger partial charge in [-0.15, -0.1) is 0 Å². The van der Waals surface area contributed by atoms with Crippen molar-refractivity contribution in [3.8, 4) is 17.2 Å². The van der Waals surface area contributed by atoms with Crippen molar-refractivity contribution in [3.05, 3.63) is 17.2 Å². The first-order valence-electron chi connectivity index (χ1n) is 8.67. The Labute approximate surface area is 139 Å². The van der Waals surface area contributed by atoms with Crippen LogP contribution in [-0.4, -0.2) is 24.6 Å². The number of aldehydes is 1. The van der Waals surface area contributed by atoms with Gasteiger partial charge in [0.2, 0.25) is 5.75 Å². The largest absolute Gasteiger partial charge is 0.502 e. The van der Waals surface area contributed by atoms with Gasteiger partial charge in [-0.1, -0.05) is 40.0 Å². The van der Waals surface area contributed by atoms with Crippen LogP contribution in [0.3, 0.4) is 0 Å². The fraction of sp³-hybridized carbons (Fsp3) is 0.632. The average Bonchev–Trinajstić information content (AvgIpc) is 2.58. The first-order chi connectivity index (χ1) is 11.1. The molecule has 4 nitrogen and oxygen atoms in total. The number of benzene rings is 1. The summed E-state index contributed by atoms with van der Waals surface area (Å²) in [5.74, 6) is 0.692. The summed E-state index contributed by atoms with van der Waals surface area (Å²) in [6.07, 6.45) is 7.65. The summed E-state index contributed by atoms with van der Waals surface area (Å²) in [6.45, 7) is 6.26. The van der Waals surface area contributed by atoms with E-state index in [-0.39, 0.29) is 17.6 Å². The lowest BCUT2D eigenvalue weighted by molar-refractivity contribution is 0.112. The molecule has 0 bridgehead atoms. The molecule has 1 aromatic rings. The van der Waals surface area contributed by atoms with E-state index < -0.39 is 0 Å². The average molecular weight is 322 g/mol. The Kier molecular flexibility index (Phi) is 8.52. The van der Waals surface area contributed by atoms with Gasteiger partial charge in [0.25, 0.3) is 0 Å². The van der Waals surface area contributed by atoms with Crippen LogP contribution in [0, 0.1) is 0 Å². The molecule has 4 heteroatoms. The number of methoxy groups -OCH3 is 1. The SMILES string of the molecule is CCCCCCc1c(C=O)cc(OC)c(O)c1OC(CC)CC. The molecule has 0 spiro atoms. The number of aromatic hydroxyl groups is 1. The predicted molar refractivity (Wildman–Crippen MR) is 92.9 cm³/mol. The molecule has 0 radical (unpaired) electrons. The summed E-state index contributed by atoms with van der Waals surface area (Å²) < 4.78 is 11.2. The van der Waals surface area contributed by atoms with Crippen molar-refractivity contribution in [3.63, 3.8) is 0 Å². The molecule has 0 aliphatic carbocycles. The second-order valence-electron chi connectivity index (χ2n) is 5.81. The topological polar surface area (TPSA) is 55.8 Å². The molecule has 0 heterocycles. The molecule has 0 atom stereocenters. The fourth-order valence-electron chi connectivity index (χ4n) is 2.68. The molecule has 23 heavy (non-hydrogen) atoms. The summed E-state index contributed by atoms with van der Waals surface area (Å²) in [4.78, 5) is 11.5. The third-order valence-electron chi connectivity index (χ3n) is 4.18. The Morgan fingerprint density at radius 1 is 1.17 bits per heavy atom. The van der Waals surface area contributed by atoms with E-state index in [0.717, 1.165) is 50.4 Å². The lowest BCUT2D eigenvalue weighted by Crippen LogP contribution is -2.16. The zero-order chi connectivity index (χ0) is 17.2. The Hall–Kier alpha value is -1.71. The van der Waals surface area contributed by atoms with Crippen LogP contribution in [0.2, 0.25) is 0 Å². The Bertz CT molecular complexity index is 493. The van der Waals surface area contributed by atoms with Crippen LogP contribution in [0.4, 0.5) is 0 Å². The highest BCUT2D eigenvalue weighted by Gasteiger charge is 2.21. The van der Waals surface area contributed by atoms with Gasteiger partial charge in [0.1, 0.15) is 0 Å². The van der Waals surface area contributed by atoms with Crippen molar-refractivity contribution in [2.75, 3.05) is 7.11 Å². The maximum atomic E-state index is 11.5. The van der Waals surface area contributed by atoms with Crippen LogP contribution < -0.4 is 9.47 Å². The predicted octanol–water partition coefficient (Wildman–Crippen LogP) is 4.90. The molecule has 0 saturated carbocycles. The van der Waals surface area contributed by atoms with E-state index in [1.807, 2.05) is 13.8 Å². The summed E-state index contributed by atoms with van der Waals surface area (Å²) in [6, 6.07) is 1.59. The minimum Gasteiger partial charge on any atom is -0.502 e. The molecule has 1 N–H and O–H groups in total. The third-order valence-corrected chi connectivity index (χ3v) is 4.18. The van der Waals surface area contributed by atoms with Crippen molar-refractivity contribution < 1.29 is 19.4 Å². The molecule has 0 aliphatic heterocycles. The van der Waals surface area contributed by atoms with Crippen LogP contribution >= 0.6 is 0 Å². The van der Waals surface area contributed by atoms with Gasteiger partial charge in [-0.3, -0.25) is 4.79 Å². The van der Waals surface area contributed by atoms with E-state index in [2.05, 4.69) is 6.92 Å². The van der Waals surface area contributed by atoms with Crippen molar-refractivity contribution >= 4 is 6.29 Å². The molecule has 0 unspecified atom stereocenters. The van der Waals surface area contributed by atoms with Crippen LogP contribution in [0.25, 0.3) is 0 Å². The number of hydrogen-bond acceptors (Lipinski definition) is 4. The van der Waals surface area contributed by atoms with Gasteiger partial charge in [0.15, 0.2) is 17.8 Å². The highest BCUT2D eigenvalue weighted by molar-refractivity contribution is 5.81. The molecule has 0 fully saturated rings. The van der Waals surface area contributed by atoms with Gasteiger partial charge in [-0.05, 0) is 31.7 Å². The first-order valence-corrected chi connectivity index (χ1v) is 8.67. The number of unbranched alkanes of at least 4 members (excludes halogenated alkanes) is 3. The van der Waals surface area contributed by atoms with E-state index in [1.54, 1.807) is 6.07 Å². The summed E-state index contributed by atoms with van der Waals surface area (Å²) in [7, 11) is 1.48. The van der Waals surface area contributed by atoms with E-state index in [4.69, 9.17) is 9.47 Å². The van der Waals surface area contributed by atoms with Crippen LogP contribution in [-0.2, 0) is 6.42 Å². The fourth-order valence-corrected chi connectivity index (χ4v) is 2.68. The van der Waals surface area contributed by atoms with E-state index in [1.165, 1.54) is 13.5 Å². The van der Waals surface area contributed by atoms with Crippen LogP contribution in [0.1, 0.15) is 75.2 Å². The molecule has 0 saturated heterocycles. The normalized spacial score (nSPS) is 10.8. The minimum atomic E-state index is -0.00417. The lowest BCUT2D eigenvalue weighted by Gasteiger charge is -2.22. The quantitative estimate of drug-likeness (QED) is 0.465. The molecular formula is C19H30O4. The number of carbonyl (C=O) groups excluding carboxylic acids is 1. The summed E-state index contributed by atoms with van der Waals surface area (Å²) in [5, 5.41) is 10.5. The lowest BCUT2D eigenvalue weighted by atomic mass is 9.99. The molecule has 0 aromatic heterocycles. The highest BCUT2D eigenvalue weighted by atomic mass is 16.5. The summed E-state index contributed by atoms with van der Waals surface area (Å²) in [5.41, 5.74) is 1.33. The summed E-state index contributed by atoms with van der Waals surface area (Å²) >= 11 is 0. The number of phenols is 1. The molecule has 1 aromatic carbocycles. The van der Waals surface area contributed by atoms with E-state index in [0.29, 0.717) is 11.3 Å². The number of hydrogen-bond donors (Lipinski definition) is 1.